The fourth-order valence-electron chi connectivity index (χ4n) is 3.33. The molecule has 160 valence electrons. The lowest BCUT2D eigenvalue weighted by atomic mass is 9.99. The fraction of sp³-hybridized carbons (Fsp3) is 0.480. The van der Waals surface area contributed by atoms with E-state index in [9.17, 15) is 4.79 Å². The van der Waals surface area contributed by atoms with E-state index in [1.807, 2.05) is 48.5 Å². The molecule has 0 radical (unpaired) electrons. The molecule has 0 aliphatic carbocycles. The Bertz CT molecular complexity index is 724. The minimum Gasteiger partial charge on any atom is -0.379 e. The maximum atomic E-state index is 12.7. The largest absolute Gasteiger partial charge is 0.379 e. The highest BCUT2D eigenvalue weighted by atomic mass is 16.6. The Morgan fingerprint density at radius 3 is 1.50 bits per heavy atom. The average molecular weight is 411 g/mol. The summed E-state index contributed by atoms with van der Waals surface area (Å²) in [6, 6.07) is 15.8. The molecule has 0 saturated carbocycles. The maximum Gasteiger partial charge on any atom is 0.193 e. The van der Waals surface area contributed by atoms with Gasteiger partial charge >= 0.3 is 0 Å². The topological polar surface area (TPSA) is 60.6 Å². The van der Waals surface area contributed by atoms with Crippen LogP contribution in [0.25, 0.3) is 0 Å². The lowest BCUT2D eigenvalue weighted by Crippen LogP contribution is -2.04. The molecule has 5 heteroatoms. The van der Waals surface area contributed by atoms with Crippen LogP contribution < -0.4 is 0 Å². The summed E-state index contributed by atoms with van der Waals surface area (Å²) in [4.78, 5) is 12.7. The van der Waals surface area contributed by atoms with Gasteiger partial charge in [-0.25, -0.2) is 0 Å². The van der Waals surface area contributed by atoms with Crippen LogP contribution in [-0.4, -0.2) is 57.6 Å². The molecule has 2 saturated heterocycles. The summed E-state index contributed by atoms with van der Waals surface area (Å²) in [7, 11) is 0. The highest BCUT2D eigenvalue weighted by Crippen LogP contribution is 2.15. The molecule has 4 rings (SSSR count). The van der Waals surface area contributed by atoms with Gasteiger partial charge in [-0.15, -0.1) is 0 Å². The van der Waals surface area contributed by atoms with Crippen molar-refractivity contribution in [1.82, 2.24) is 0 Å². The minimum atomic E-state index is 0.0635. The Morgan fingerprint density at radius 1 is 0.733 bits per heavy atom. The van der Waals surface area contributed by atoms with Crippen LogP contribution in [0.1, 0.15) is 39.9 Å². The second kappa shape index (κ2) is 10.8. The predicted molar refractivity (Wildman–Crippen MR) is 114 cm³/mol. The molecular weight excluding hydrogens is 380 g/mol. The van der Waals surface area contributed by atoms with Gasteiger partial charge in [0.25, 0.3) is 0 Å². The Kier molecular flexibility index (Phi) is 7.65. The van der Waals surface area contributed by atoms with E-state index in [4.69, 9.17) is 18.9 Å². The van der Waals surface area contributed by atoms with E-state index in [2.05, 4.69) is 0 Å². The third-order valence-electron chi connectivity index (χ3n) is 5.35. The normalized spacial score (nSPS) is 19.6. The number of rotatable bonds is 14. The highest BCUT2D eigenvalue weighted by Gasteiger charge is 2.22. The molecule has 0 bridgehead atoms. The third-order valence-corrected chi connectivity index (χ3v) is 5.35. The van der Waals surface area contributed by atoms with Crippen molar-refractivity contribution in [3.63, 3.8) is 0 Å². The summed E-state index contributed by atoms with van der Waals surface area (Å²) in [5, 5.41) is 0. The van der Waals surface area contributed by atoms with E-state index >= 15 is 0 Å². The predicted octanol–water partition coefficient (Wildman–Crippen LogP) is 3.61. The van der Waals surface area contributed by atoms with Gasteiger partial charge in [0.1, 0.15) is 12.2 Å². The average Bonchev–Trinajstić information content (AvgIpc) is 3.69. The lowest BCUT2D eigenvalue weighted by Gasteiger charge is -2.06. The van der Waals surface area contributed by atoms with Gasteiger partial charge in [0.05, 0.1) is 26.4 Å². The summed E-state index contributed by atoms with van der Waals surface area (Å²) in [5.74, 6) is 0.0635. The second-order valence-corrected chi connectivity index (χ2v) is 7.99. The number of hydrogen-bond acceptors (Lipinski definition) is 5. The van der Waals surface area contributed by atoms with Gasteiger partial charge in [-0.2, -0.15) is 0 Å². The van der Waals surface area contributed by atoms with Gasteiger partial charge in [0.2, 0.25) is 0 Å². The Labute approximate surface area is 178 Å². The van der Waals surface area contributed by atoms with E-state index < -0.39 is 0 Å². The van der Waals surface area contributed by atoms with Gasteiger partial charge < -0.3 is 18.9 Å². The van der Waals surface area contributed by atoms with E-state index in [-0.39, 0.29) is 5.78 Å². The molecular formula is C25H30O5. The van der Waals surface area contributed by atoms with Crippen LogP contribution in [0, 0.1) is 0 Å². The molecule has 2 unspecified atom stereocenters. The third kappa shape index (κ3) is 7.03. The number of ether oxygens (including phenoxy) is 4. The number of aryl methyl sites for hydroxylation is 2. The van der Waals surface area contributed by atoms with Crippen molar-refractivity contribution in [2.75, 3.05) is 39.6 Å². The van der Waals surface area contributed by atoms with E-state index in [1.165, 1.54) is 11.1 Å². The van der Waals surface area contributed by atoms with Gasteiger partial charge in [-0.1, -0.05) is 48.5 Å². The maximum absolute atomic E-state index is 12.7. The zero-order chi connectivity index (χ0) is 20.6. The molecule has 30 heavy (non-hydrogen) atoms. The van der Waals surface area contributed by atoms with Crippen molar-refractivity contribution in [1.29, 1.82) is 0 Å². The van der Waals surface area contributed by atoms with Crippen LogP contribution in [0.3, 0.4) is 0 Å². The lowest BCUT2D eigenvalue weighted by molar-refractivity contribution is 0.103. The van der Waals surface area contributed by atoms with Crippen molar-refractivity contribution < 1.29 is 23.7 Å². The monoisotopic (exact) mass is 410 g/mol. The molecule has 2 fully saturated rings. The van der Waals surface area contributed by atoms with Crippen LogP contribution in [0.4, 0.5) is 0 Å². The van der Waals surface area contributed by atoms with Crippen LogP contribution in [0.5, 0.6) is 0 Å². The van der Waals surface area contributed by atoms with Gasteiger partial charge in [-0.3, -0.25) is 4.79 Å². The smallest absolute Gasteiger partial charge is 0.193 e. The van der Waals surface area contributed by atoms with E-state index in [1.54, 1.807) is 0 Å². The Balaban J connectivity index is 1.18. The first-order valence-electron chi connectivity index (χ1n) is 10.9. The summed E-state index contributed by atoms with van der Waals surface area (Å²) < 4.78 is 21.4. The minimum absolute atomic E-state index is 0.0635. The first kappa shape index (κ1) is 21.2. The van der Waals surface area contributed by atoms with Crippen LogP contribution in [-0.2, 0) is 31.8 Å². The number of carbonyl (C=O) groups excluding carboxylic acids is 1. The number of ketones is 1. The Hall–Kier alpha value is -2.05. The fourth-order valence-corrected chi connectivity index (χ4v) is 3.33. The van der Waals surface area contributed by atoms with Crippen molar-refractivity contribution in [3.05, 3.63) is 70.8 Å². The quantitative estimate of drug-likeness (QED) is 0.270. The second-order valence-electron chi connectivity index (χ2n) is 7.99. The van der Waals surface area contributed by atoms with Crippen LogP contribution >= 0.6 is 0 Å². The van der Waals surface area contributed by atoms with Crippen molar-refractivity contribution in [2.45, 2.75) is 37.9 Å². The molecule has 0 aromatic heterocycles. The van der Waals surface area contributed by atoms with Gasteiger partial charge in [0.15, 0.2) is 5.78 Å². The molecule has 2 atom stereocenters. The summed E-state index contributed by atoms with van der Waals surface area (Å²) in [5.41, 5.74) is 3.90. The molecule has 0 N–H and O–H groups in total. The standard InChI is InChI=1S/C25H30O5/c26-25(21-9-5-19(6-10-21)3-1-13-27-15-23-17-29-23)22-11-7-20(8-12-22)4-2-14-28-16-24-18-30-24/h5-12,23-24H,1-4,13-18H2. The van der Waals surface area contributed by atoms with Gasteiger partial charge in [0, 0.05) is 24.3 Å². The molecule has 5 nitrogen and oxygen atoms in total. The zero-order valence-electron chi connectivity index (χ0n) is 17.4. The zero-order valence-corrected chi connectivity index (χ0v) is 17.4. The number of carbonyl (C=O) groups is 1. The van der Waals surface area contributed by atoms with Crippen LogP contribution in [0.2, 0.25) is 0 Å². The Morgan fingerprint density at radius 2 is 1.13 bits per heavy atom. The van der Waals surface area contributed by atoms with E-state index in [0.717, 1.165) is 63.2 Å². The van der Waals surface area contributed by atoms with Crippen molar-refractivity contribution in [3.8, 4) is 0 Å². The van der Waals surface area contributed by atoms with Crippen molar-refractivity contribution >= 4 is 5.78 Å². The van der Waals surface area contributed by atoms with Gasteiger partial charge in [-0.05, 0) is 36.8 Å². The number of hydrogen-bond donors (Lipinski definition) is 0. The molecule has 2 aromatic carbocycles. The van der Waals surface area contributed by atoms with Crippen molar-refractivity contribution in [2.24, 2.45) is 0 Å². The molecule has 2 aliphatic rings. The molecule has 2 aliphatic heterocycles. The molecule has 2 heterocycles. The summed E-state index contributed by atoms with van der Waals surface area (Å²) in [6.45, 7) is 4.57. The number of benzene rings is 2. The number of epoxide rings is 2. The molecule has 2 aromatic rings. The van der Waals surface area contributed by atoms with Crippen LogP contribution in [0.15, 0.2) is 48.5 Å². The summed E-state index contributed by atoms with van der Waals surface area (Å²) in [6.07, 6.45) is 4.50. The molecule has 0 amide bonds. The SMILES string of the molecule is O=C(c1ccc(CCCOCC2CO2)cc1)c1ccc(CCCOCC2CO2)cc1. The first-order valence-corrected chi connectivity index (χ1v) is 10.9. The molecule has 0 spiro atoms. The summed E-state index contributed by atoms with van der Waals surface area (Å²) >= 11 is 0. The first-order chi connectivity index (χ1) is 14.8. The van der Waals surface area contributed by atoms with E-state index in [0.29, 0.717) is 25.4 Å². The highest BCUT2D eigenvalue weighted by molar-refractivity contribution is 6.08.